The molecule has 1 fully saturated rings. The minimum Gasteiger partial charge on any atom is -0.349 e. The zero-order chi connectivity index (χ0) is 15.7. The number of hydrogen-bond acceptors (Lipinski definition) is 1. The van der Waals surface area contributed by atoms with Crippen LogP contribution < -0.4 is 5.32 Å². The fourth-order valence-electron chi connectivity index (χ4n) is 2.49. The summed E-state index contributed by atoms with van der Waals surface area (Å²) in [5, 5.41) is 2.97. The molecule has 0 aromatic heterocycles. The van der Waals surface area contributed by atoms with Crippen LogP contribution in [0.5, 0.6) is 0 Å². The van der Waals surface area contributed by atoms with Crippen molar-refractivity contribution in [3.63, 3.8) is 0 Å². The van der Waals surface area contributed by atoms with Gasteiger partial charge >= 0.3 is 0 Å². The number of carbonyl (C=O) groups excluding carboxylic acids is 1. The maximum absolute atomic E-state index is 12.0. The Labute approximate surface area is 140 Å². The van der Waals surface area contributed by atoms with Gasteiger partial charge < -0.3 is 5.32 Å². The maximum Gasteiger partial charge on any atom is 0.226 e. The number of carbonyl (C=O) groups is 1. The largest absolute Gasteiger partial charge is 0.349 e. The zero-order valence-corrected chi connectivity index (χ0v) is 13.7. The second-order valence-electron chi connectivity index (χ2n) is 5.74. The first-order valence-electron chi connectivity index (χ1n) is 7.31. The highest BCUT2D eigenvalue weighted by molar-refractivity contribution is 6.52. The molecule has 0 heterocycles. The average molecular weight is 334 g/mol. The van der Waals surface area contributed by atoms with E-state index < -0.39 is 4.33 Å². The molecule has 2 atom stereocenters. The van der Waals surface area contributed by atoms with Crippen molar-refractivity contribution in [2.24, 2.45) is 5.92 Å². The number of halogens is 2. The fraction of sp³-hybridized carbons (Fsp3) is 0.278. The molecule has 0 aliphatic heterocycles. The second-order valence-corrected chi connectivity index (χ2v) is 7.28. The number of rotatable bonds is 4. The lowest BCUT2D eigenvalue weighted by molar-refractivity contribution is -0.123. The minimum absolute atomic E-state index is 0.0675. The van der Waals surface area contributed by atoms with Gasteiger partial charge in [-0.3, -0.25) is 4.79 Å². The van der Waals surface area contributed by atoms with Gasteiger partial charge in [0.05, 0.1) is 12.0 Å². The summed E-state index contributed by atoms with van der Waals surface area (Å²) in [7, 11) is 0. The first-order chi connectivity index (χ1) is 10.5. The van der Waals surface area contributed by atoms with E-state index >= 15 is 0 Å². The molecule has 4 heteroatoms. The Morgan fingerprint density at radius 3 is 2.18 bits per heavy atom. The van der Waals surface area contributed by atoms with Crippen molar-refractivity contribution >= 4 is 29.1 Å². The van der Waals surface area contributed by atoms with Crippen LogP contribution >= 0.6 is 23.2 Å². The van der Waals surface area contributed by atoms with E-state index in [1.807, 2.05) is 37.3 Å². The zero-order valence-electron chi connectivity index (χ0n) is 12.2. The van der Waals surface area contributed by atoms with E-state index in [2.05, 4.69) is 29.6 Å². The first kappa shape index (κ1) is 15.4. The molecule has 0 spiro atoms. The summed E-state index contributed by atoms with van der Waals surface area (Å²) < 4.78 is -0.874. The van der Waals surface area contributed by atoms with E-state index in [9.17, 15) is 4.79 Å². The van der Waals surface area contributed by atoms with Crippen LogP contribution in [-0.2, 0) is 4.79 Å². The highest BCUT2D eigenvalue weighted by atomic mass is 35.5. The molecular formula is C18H17Cl2NO. The van der Waals surface area contributed by atoms with Crippen molar-refractivity contribution in [2.45, 2.75) is 23.7 Å². The van der Waals surface area contributed by atoms with Gasteiger partial charge in [-0.25, -0.2) is 0 Å². The lowest BCUT2D eigenvalue weighted by Crippen LogP contribution is -2.29. The Hall–Kier alpha value is -1.51. The van der Waals surface area contributed by atoms with E-state index in [1.54, 1.807) is 0 Å². The average Bonchev–Trinajstić information content (AvgIpc) is 3.17. The standard InChI is InChI=1S/C18H17Cl2NO/c1-12(21-17(22)16-11-18(16,19)20)13-7-9-15(10-8-13)14-5-3-2-4-6-14/h2-10,12,16H,11H2,1H3,(H,21,22)/t12-,16+/m0/s1. The van der Waals surface area contributed by atoms with Crippen LogP contribution in [0.4, 0.5) is 0 Å². The smallest absolute Gasteiger partial charge is 0.226 e. The van der Waals surface area contributed by atoms with Gasteiger partial charge in [0.2, 0.25) is 5.91 Å². The lowest BCUT2D eigenvalue weighted by Gasteiger charge is -2.15. The van der Waals surface area contributed by atoms with Crippen molar-refractivity contribution in [3.8, 4) is 11.1 Å². The number of alkyl halides is 2. The molecule has 2 aromatic carbocycles. The van der Waals surface area contributed by atoms with Crippen molar-refractivity contribution in [2.75, 3.05) is 0 Å². The predicted octanol–water partition coefficient (Wildman–Crippen LogP) is 4.72. The molecule has 0 radical (unpaired) electrons. The third-order valence-corrected chi connectivity index (χ3v) is 4.85. The van der Waals surface area contributed by atoms with Gasteiger partial charge in [-0.1, -0.05) is 54.6 Å². The van der Waals surface area contributed by atoms with Gasteiger partial charge in [0, 0.05) is 0 Å². The SMILES string of the molecule is C[C@H](NC(=O)[C@H]1CC1(Cl)Cl)c1ccc(-c2ccccc2)cc1. The van der Waals surface area contributed by atoms with Crippen molar-refractivity contribution < 1.29 is 4.79 Å². The molecule has 1 aliphatic rings. The number of hydrogen-bond donors (Lipinski definition) is 1. The van der Waals surface area contributed by atoms with Crippen molar-refractivity contribution in [3.05, 3.63) is 60.2 Å². The van der Waals surface area contributed by atoms with E-state index in [0.29, 0.717) is 6.42 Å². The highest BCUT2D eigenvalue weighted by Gasteiger charge is 2.56. The maximum atomic E-state index is 12.0. The van der Waals surface area contributed by atoms with Crippen LogP contribution in [0.1, 0.15) is 24.9 Å². The highest BCUT2D eigenvalue weighted by Crippen LogP contribution is 2.53. The van der Waals surface area contributed by atoms with Gasteiger partial charge in [-0.15, -0.1) is 23.2 Å². The Morgan fingerprint density at radius 1 is 1.09 bits per heavy atom. The summed E-state index contributed by atoms with van der Waals surface area (Å²) in [6.07, 6.45) is 0.529. The molecule has 3 rings (SSSR count). The van der Waals surface area contributed by atoms with E-state index in [-0.39, 0.29) is 17.9 Å². The molecule has 0 unspecified atom stereocenters. The van der Waals surface area contributed by atoms with Gasteiger partial charge in [-0.05, 0) is 30.0 Å². The van der Waals surface area contributed by atoms with Crippen LogP contribution in [0, 0.1) is 5.92 Å². The Morgan fingerprint density at radius 2 is 1.64 bits per heavy atom. The molecule has 114 valence electrons. The van der Waals surface area contributed by atoms with Crippen LogP contribution in [0.2, 0.25) is 0 Å². The van der Waals surface area contributed by atoms with Crippen molar-refractivity contribution in [1.82, 2.24) is 5.32 Å². The quantitative estimate of drug-likeness (QED) is 0.805. The molecule has 0 bridgehead atoms. The fourth-order valence-corrected chi connectivity index (χ4v) is 3.00. The van der Waals surface area contributed by atoms with Gasteiger partial charge in [0.15, 0.2) is 0 Å². The monoisotopic (exact) mass is 333 g/mol. The molecular weight excluding hydrogens is 317 g/mol. The van der Waals surface area contributed by atoms with Crippen molar-refractivity contribution in [1.29, 1.82) is 0 Å². The van der Waals surface area contributed by atoms with Crippen LogP contribution in [-0.4, -0.2) is 10.2 Å². The summed E-state index contributed by atoms with van der Waals surface area (Å²) in [5.41, 5.74) is 3.40. The third-order valence-electron chi connectivity index (χ3n) is 4.02. The molecule has 0 saturated heterocycles. The summed E-state index contributed by atoms with van der Waals surface area (Å²) in [4.78, 5) is 12.0. The third kappa shape index (κ3) is 3.29. The molecule has 1 N–H and O–H groups in total. The number of benzene rings is 2. The summed E-state index contributed by atoms with van der Waals surface area (Å²) >= 11 is 11.8. The molecule has 1 saturated carbocycles. The summed E-state index contributed by atoms with van der Waals surface area (Å²) in [6.45, 7) is 1.96. The van der Waals surface area contributed by atoms with Crippen LogP contribution in [0.25, 0.3) is 11.1 Å². The topological polar surface area (TPSA) is 29.1 Å². The van der Waals surface area contributed by atoms with Crippen LogP contribution in [0.15, 0.2) is 54.6 Å². The van der Waals surface area contributed by atoms with Crippen LogP contribution in [0.3, 0.4) is 0 Å². The van der Waals surface area contributed by atoms with E-state index in [0.717, 1.165) is 11.1 Å². The molecule has 2 aromatic rings. The molecule has 1 amide bonds. The number of nitrogens with one attached hydrogen (secondary N) is 1. The van der Waals surface area contributed by atoms with Gasteiger partial charge in [-0.2, -0.15) is 0 Å². The summed E-state index contributed by atoms with van der Waals surface area (Å²) in [5.74, 6) is -0.369. The predicted molar refractivity (Wildman–Crippen MR) is 91.0 cm³/mol. The van der Waals surface area contributed by atoms with Gasteiger partial charge in [0.25, 0.3) is 0 Å². The first-order valence-corrected chi connectivity index (χ1v) is 8.06. The number of amides is 1. The Kier molecular flexibility index (Phi) is 4.16. The minimum atomic E-state index is -0.874. The second kappa shape index (κ2) is 5.94. The Bertz CT molecular complexity index is 667. The summed E-state index contributed by atoms with van der Waals surface area (Å²) in [6, 6.07) is 18.3. The lowest BCUT2D eigenvalue weighted by atomic mass is 10.0. The van der Waals surface area contributed by atoms with E-state index in [1.165, 1.54) is 5.56 Å². The Balaban J connectivity index is 1.66. The molecule has 1 aliphatic carbocycles. The normalized spacial score (nSPS) is 20.2. The van der Waals surface area contributed by atoms with E-state index in [4.69, 9.17) is 23.2 Å². The molecule has 22 heavy (non-hydrogen) atoms. The molecule has 2 nitrogen and oxygen atoms in total. The van der Waals surface area contributed by atoms with Gasteiger partial charge in [0.1, 0.15) is 4.33 Å².